The number of nitro groups is 1. The number of nitro benzene ring substituents is 1. The molecule has 0 bridgehead atoms. The number of nitrogens with one attached hydrogen (secondary N) is 1. The Morgan fingerprint density at radius 3 is 2.62 bits per heavy atom. The molecule has 8 nitrogen and oxygen atoms in total. The standard InChI is InChI=1S/C24H23N5O3/c25-15-19-13-23(27-22-7-6-20(29(31)32)14-21(19)22)26-16-24(30)28-10-8-18(9-11-28)12-17-4-2-1-3-5-17/h1-7,13-14,18H,8-12,16H2,(H,26,27). The Morgan fingerprint density at radius 2 is 1.94 bits per heavy atom. The van der Waals surface area contributed by atoms with E-state index in [1.807, 2.05) is 11.0 Å². The van der Waals surface area contributed by atoms with E-state index in [0.717, 1.165) is 32.4 Å². The van der Waals surface area contributed by atoms with Crippen LogP contribution in [0.4, 0.5) is 11.5 Å². The van der Waals surface area contributed by atoms with E-state index in [1.165, 1.54) is 29.8 Å². The minimum absolute atomic E-state index is 0.00716. The molecular weight excluding hydrogens is 406 g/mol. The summed E-state index contributed by atoms with van der Waals surface area (Å²) < 4.78 is 0. The number of nitriles is 1. The van der Waals surface area contributed by atoms with Crippen LogP contribution < -0.4 is 5.32 Å². The zero-order valence-corrected chi connectivity index (χ0v) is 17.5. The third-order valence-corrected chi connectivity index (χ3v) is 5.88. The summed E-state index contributed by atoms with van der Waals surface area (Å²) in [6, 6.07) is 18.2. The first-order valence-corrected chi connectivity index (χ1v) is 10.6. The number of fused-ring (bicyclic) bond motifs is 1. The van der Waals surface area contributed by atoms with Crippen LogP contribution >= 0.6 is 0 Å². The molecule has 0 radical (unpaired) electrons. The van der Waals surface area contributed by atoms with Crippen molar-refractivity contribution in [1.82, 2.24) is 9.88 Å². The molecule has 32 heavy (non-hydrogen) atoms. The number of non-ortho nitro benzene ring substituents is 1. The Kier molecular flexibility index (Phi) is 6.26. The van der Waals surface area contributed by atoms with Gasteiger partial charge in [0.25, 0.3) is 5.69 Å². The van der Waals surface area contributed by atoms with Crippen molar-refractivity contribution in [3.05, 3.63) is 75.8 Å². The molecule has 0 aliphatic carbocycles. The Balaban J connectivity index is 1.35. The van der Waals surface area contributed by atoms with Gasteiger partial charge in [-0.1, -0.05) is 30.3 Å². The number of carbonyl (C=O) groups excluding carboxylic acids is 1. The van der Waals surface area contributed by atoms with Crippen molar-refractivity contribution in [2.24, 2.45) is 5.92 Å². The van der Waals surface area contributed by atoms with E-state index in [0.29, 0.717) is 22.6 Å². The van der Waals surface area contributed by atoms with Gasteiger partial charge < -0.3 is 10.2 Å². The predicted molar refractivity (Wildman–Crippen MR) is 121 cm³/mol. The zero-order chi connectivity index (χ0) is 22.5. The number of amides is 1. The lowest BCUT2D eigenvalue weighted by Gasteiger charge is -2.32. The van der Waals surface area contributed by atoms with Crippen LogP contribution in [0.25, 0.3) is 10.9 Å². The summed E-state index contributed by atoms with van der Waals surface area (Å²) in [7, 11) is 0. The van der Waals surface area contributed by atoms with Gasteiger partial charge in [0.1, 0.15) is 5.82 Å². The number of rotatable bonds is 6. The van der Waals surface area contributed by atoms with Gasteiger partial charge in [0.2, 0.25) is 5.91 Å². The second-order valence-corrected chi connectivity index (χ2v) is 7.99. The molecule has 0 atom stereocenters. The molecule has 1 aliphatic heterocycles. The number of aromatic nitrogens is 1. The summed E-state index contributed by atoms with van der Waals surface area (Å²) in [6.07, 6.45) is 3.00. The fraction of sp³-hybridized carbons (Fsp3) is 0.292. The van der Waals surface area contributed by atoms with Crippen LogP contribution in [0.1, 0.15) is 24.0 Å². The van der Waals surface area contributed by atoms with Gasteiger partial charge in [-0.3, -0.25) is 14.9 Å². The van der Waals surface area contributed by atoms with E-state index in [4.69, 9.17) is 0 Å². The van der Waals surface area contributed by atoms with Crippen LogP contribution in [-0.2, 0) is 11.2 Å². The number of benzene rings is 2. The summed E-state index contributed by atoms with van der Waals surface area (Å²) in [5.41, 5.74) is 1.98. The minimum atomic E-state index is -0.506. The van der Waals surface area contributed by atoms with E-state index >= 15 is 0 Å². The third-order valence-electron chi connectivity index (χ3n) is 5.88. The average Bonchev–Trinajstić information content (AvgIpc) is 2.82. The molecule has 0 spiro atoms. The second-order valence-electron chi connectivity index (χ2n) is 7.99. The number of carbonyl (C=O) groups is 1. The molecule has 0 saturated carbocycles. The molecule has 162 valence electrons. The summed E-state index contributed by atoms with van der Waals surface area (Å²) >= 11 is 0. The molecule has 0 unspecified atom stereocenters. The van der Waals surface area contributed by atoms with Gasteiger partial charge >= 0.3 is 0 Å². The van der Waals surface area contributed by atoms with Crippen LogP contribution in [0.2, 0.25) is 0 Å². The maximum absolute atomic E-state index is 12.7. The van der Waals surface area contributed by atoms with E-state index in [2.05, 4.69) is 40.6 Å². The first kappa shape index (κ1) is 21.2. The summed E-state index contributed by atoms with van der Waals surface area (Å²) in [4.78, 5) is 29.4. The quantitative estimate of drug-likeness (QED) is 0.470. The second kappa shape index (κ2) is 9.43. The van der Waals surface area contributed by atoms with E-state index in [9.17, 15) is 20.2 Å². The molecule has 3 aromatic rings. The minimum Gasteiger partial charge on any atom is -0.361 e. The fourth-order valence-electron chi connectivity index (χ4n) is 4.12. The smallest absolute Gasteiger partial charge is 0.270 e. The van der Waals surface area contributed by atoms with Gasteiger partial charge in [0.15, 0.2) is 0 Å². The summed E-state index contributed by atoms with van der Waals surface area (Å²) in [5.74, 6) is 0.973. The molecule has 8 heteroatoms. The number of nitrogens with zero attached hydrogens (tertiary/aromatic N) is 4. The topological polar surface area (TPSA) is 112 Å². The Bertz CT molecular complexity index is 1180. The molecule has 1 N–H and O–H groups in total. The van der Waals surface area contributed by atoms with Gasteiger partial charge in [0, 0.05) is 30.6 Å². The Labute approximate surface area is 185 Å². The fourth-order valence-corrected chi connectivity index (χ4v) is 4.12. The van der Waals surface area contributed by atoms with Crippen molar-refractivity contribution in [1.29, 1.82) is 5.26 Å². The molecule has 1 aliphatic rings. The lowest BCUT2D eigenvalue weighted by Crippen LogP contribution is -2.41. The van der Waals surface area contributed by atoms with Gasteiger partial charge in [-0.2, -0.15) is 5.26 Å². The lowest BCUT2D eigenvalue weighted by molar-refractivity contribution is -0.384. The third kappa shape index (κ3) is 4.83. The van der Waals surface area contributed by atoms with Crippen molar-refractivity contribution in [2.75, 3.05) is 25.0 Å². The van der Waals surface area contributed by atoms with Crippen LogP contribution in [-0.4, -0.2) is 40.3 Å². The van der Waals surface area contributed by atoms with E-state index in [1.54, 1.807) is 0 Å². The molecule has 2 aromatic carbocycles. The summed E-state index contributed by atoms with van der Waals surface area (Å²) in [6.45, 7) is 1.55. The monoisotopic (exact) mass is 429 g/mol. The van der Waals surface area contributed by atoms with Gasteiger partial charge in [-0.25, -0.2) is 4.98 Å². The van der Waals surface area contributed by atoms with Gasteiger partial charge in [-0.05, 0) is 42.9 Å². The highest BCUT2D eigenvalue weighted by Crippen LogP contribution is 2.25. The normalized spacial score (nSPS) is 14.2. The number of hydrogen-bond acceptors (Lipinski definition) is 6. The van der Waals surface area contributed by atoms with Crippen molar-refractivity contribution in [3.8, 4) is 6.07 Å². The zero-order valence-electron chi connectivity index (χ0n) is 17.5. The highest BCUT2D eigenvalue weighted by Gasteiger charge is 2.23. The highest BCUT2D eigenvalue weighted by atomic mass is 16.6. The molecule has 1 fully saturated rings. The van der Waals surface area contributed by atoms with Crippen molar-refractivity contribution >= 4 is 28.3 Å². The first-order chi connectivity index (χ1) is 15.5. The van der Waals surface area contributed by atoms with Crippen LogP contribution in [0.5, 0.6) is 0 Å². The number of likely N-dealkylation sites (tertiary alicyclic amines) is 1. The number of pyridine rings is 1. The van der Waals surface area contributed by atoms with Crippen LogP contribution in [0, 0.1) is 27.4 Å². The molecular formula is C24H23N5O3. The van der Waals surface area contributed by atoms with Crippen LogP contribution in [0.15, 0.2) is 54.6 Å². The van der Waals surface area contributed by atoms with Gasteiger partial charge in [-0.15, -0.1) is 0 Å². The maximum Gasteiger partial charge on any atom is 0.270 e. The molecule has 1 amide bonds. The number of anilines is 1. The first-order valence-electron chi connectivity index (χ1n) is 10.6. The summed E-state index contributed by atoms with van der Waals surface area (Å²) in [5, 5.41) is 23.9. The SMILES string of the molecule is N#Cc1cc(NCC(=O)N2CCC(Cc3ccccc3)CC2)nc2ccc([N+](=O)[O-])cc12. The number of hydrogen-bond donors (Lipinski definition) is 1. The molecule has 4 rings (SSSR count). The number of piperidine rings is 1. The van der Waals surface area contributed by atoms with E-state index in [-0.39, 0.29) is 23.7 Å². The average molecular weight is 429 g/mol. The predicted octanol–water partition coefficient (Wildman–Crippen LogP) is 3.91. The lowest BCUT2D eigenvalue weighted by atomic mass is 9.90. The van der Waals surface area contributed by atoms with Gasteiger partial charge in [0.05, 0.1) is 28.6 Å². The van der Waals surface area contributed by atoms with Crippen molar-refractivity contribution < 1.29 is 9.72 Å². The highest BCUT2D eigenvalue weighted by molar-refractivity contribution is 5.89. The Morgan fingerprint density at radius 1 is 1.19 bits per heavy atom. The van der Waals surface area contributed by atoms with Crippen LogP contribution in [0.3, 0.4) is 0 Å². The van der Waals surface area contributed by atoms with Crippen molar-refractivity contribution in [3.63, 3.8) is 0 Å². The molecule has 2 heterocycles. The maximum atomic E-state index is 12.7. The van der Waals surface area contributed by atoms with Crippen molar-refractivity contribution in [2.45, 2.75) is 19.3 Å². The molecule has 1 aromatic heterocycles. The van der Waals surface area contributed by atoms with E-state index < -0.39 is 4.92 Å². The molecule has 1 saturated heterocycles. The Hall–Kier alpha value is -3.99. The largest absolute Gasteiger partial charge is 0.361 e.